The second-order valence-corrected chi connectivity index (χ2v) is 6.61. The molecule has 1 aliphatic carbocycles. The summed E-state index contributed by atoms with van der Waals surface area (Å²) in [4.78, 5) is 27.0. The molecule has 5 heteroatoms. The van der Waals surface area contributed by atoms with Crippen LogP contribution in [0.5, 0.6) is 0 Å². The largest absolute Gasteiger partial charge is 0.351 e. The molecule has 2 amide bonds. The van der Waals surface area contributed by atoms with Crippen LogP contribution in [0.1, 0.15) is 37.2 Å². The van der Waals surface area contributed by atoms with Crippen molar-refractivity contribution in [2.45, 2.75) is 43.7 Å². The van der Waals surface area contributed by atoms with E-state index in [-0.39, 0.29) is 30.2 Å². The van der Waals surface area contributed by atoms with Crippen LogP contribution in [-0.2, 0) is 9.59 Å². The number of hydrogen-bond acceptors (Lipinski definition) is 3. The molecule has 2 heterocycles. The summed E-state index contributed by atoms with van der Waals surface area (Å²) in [5.74, 6) is -0.449. The third kappa shape index (κ3) is 2.61. The molecule has 2 fully saturated rings. The molecule has 0 unspecified atom stereocenters. The number of amides is 2. The van der Waals surface area contributed by atoms with Crippen LogP contribution in [0, 0.1) is 0 Å². The van der Waals surface area contributed by atoms with Crippen molar-refractivity contribution in [1.29, 1.82) is 0 Å². The van der Waals surface area contributed by atoms with E-state index in [1.165, 1.54) is 12.8 Å². The Bertz CT molecular complexity index is 612. The number of rotatable bonds is 3. The average molecular weight is 299 g/mol. The number of likely N-dealkylation sites (tertiary alicyclic amines) is 1. The van der Waals surface area contributed by atoms with Crippen LogP contribution in [-0.4, -0.2) is 41.9 Å². The number of para-hydroxylation sites is 1. The first kappa shape index (κ1) is 13.8. The van der Waals surface area contributed by atoms with E-state index in [4.69, 9.17) is 0 Å². The highest BCUT2D eigenvalue weighted by molar-refractivity contribution is 6.01. The number of fused-ring (bicyclic) bond motifs is 1. The lowest BCUT2D eigenvalue weighted by Crippen LogP contribution is -2.42. The Labute approximate surface area is 130 Å². The first-order chi connectivity index (χ1) is 10.7. The number of carbonyl (C=O) groups excluding carboxylic acids is 2. The van der Waals surface area contributed by atoms with Gasteiger partial charge in [0.2, 0.25) is 11.8 Å². The summed E-state index contributed by atoms with van der Waals surface area (Å²) < 4.78 is 0. The van der Waals surface area contributed by atoms with Crippen LogP contribution >= 0.6 is 0 Å². The summed E-state index contributed by atoms with van der Waals surface area (Å²) in [6.45, 7) is 2.04. The van der Waals surface area contributed by atoms with E-state index in [1.54, 1.807) is 0 Å². The van der Waals surface area contributed by atoms with E-state index >= 15 is 0 Å². The minimum absolute atomic E-state index is 0.00931. The molecule has 0 spiro atoms. The predicted octanol–water partition coefficient (Wildman–Crippen LogP) is 1.47. The molecule has 22 heavy (non-hydrogen) atoms. The van der Waals surface area contributed by atoms with Gasteiger partial charge in [0.1, 0.15) is 0 Å². The van der Waals surface area contributed by atoms with Crippen molar-refractivity contribution in [1.82, 2.24) is 10.2 Å². The second-order valence-electron chi connectivity index (χ2n) is 6.61. The van der Waals surface area contributed by atoms with Crippen LogP contribution in [0.25, 0.3) is 0 Å². The number of hydrogen-bond donors (Lipinski definition) is 2. The predicted molar refractivity (Wildman–Crippen MR) is 83.6 cm³/mol. The van der Waals surface area contributed by atoms with Crippen LogP contribution in [0.4, 0.5) is 5.69 Å². The Morgan fingerprint density at radius 2 is 2.05 bits per heavy atom. The highest BCUT2D eigenvalue weighted by Gasteiger charge is 2.36. The Hall–Kier alpha value is -1.88. The van der Waals surface area contributed by atoms with Crippen molar-refractivity contribution in [3.05, 3.63) is 29.8 Å². The van der Waals surface area contributed by atoms with E-state index in [0.29, 0.717) is 0 Å². The van der Waals surface area contributed by atoms with Crippen molar-refractivity contribution >= 4 is 17.5 Å². The standard InChI is InChI=1S/C17H21N3O2/c21-16-9-14(13-3-1-2-4-15(13)19-16)17(22)18-11-7-8-20(10-11)12-5-6-12/h1-4,11-12,14H,5-10H2,(H,18,22)(H,19,21)/t11-,14+/m1/s1. The average Bonchev–Trinajstić information content (AvgIpc) is 3.26. The molecular formula is C17H21N3O2. The Kier molecular flexibility index (Phi) is 3.37. The van der Waals surface area contributed by atoms with Gasteiger partial charge in [-0.15, -0.1) is 0 Å². The van der Waals surface area contributed by atoms with Gasteiger partial charge in [0.05, 0.1) is 5.92 Å². The monoisotopic (exact) mass is 299 g/mol. The van der Waals surface area contributed by atoms with E-state index < -0.39 is 0 Å². The molecule has 0 aromatic heterocycles. The van der Waals surface area contributed by atoms with Gasteiger partial charge in [0, 0.05) is 37.3 Å². The zero-order valence-electron chi connectivity index (χ0n) is 12.5. The number of carbonyl (C=O) groups is 2. The third-order valence-electron chi connectivity index (χ3n) is 4.95. The van der Waals surface area contributed by atoms with Gasteiger partial charge < -0.3 is 10.6 Å². The Balaban J connectivity index is 1.45. The van der Waals surface area contributed by atoms with Crippen molar-refractivity contribution in [2.24, 2.45) is 0 Å². The summed E-state index contributed by atoms with van der Waals surface area (Å²) in [7, 11) is 0. The van der Waals surface area contributed by atoms with Gasteiger partial charge in [-0.2, -0.15) is 0 Å². The maximum Gasteiger partial charge on any atom is 0.228 e. The van der Waals surface area contributed by atoms with Gasteiger partial charge >= 0.3 is 0 Å². The molecule has 2 N–H and O–H groups in total. The molecule has 5 nitrogen and oxygen atoms in total. The molecule has 1 saturated heterocycles. The molecule has 0 bridgehead atoms. The first-order valence-electron chi connectivity index (χ1n) is 8.14. The first-order valence-corrected chi connectivity index (χ1v) is 8.14. The van der Waals surface area contributed by atoms with Crippen LogP contribution in [0.15, 0.2) is 24.3 Å². The molecule has 3 aliphatic rings. The number of nitrogens with zero attached hydrogens (tertiary/aromatic N) is 1. The van der Waals surface area contributed by atoms with Crippen LogP contribution in [0.2, 0.25) is 0 Å². The van der Waals surface area contributed by atoms with Gasteiger partial charge in [0.15, 0.2) is 0 Å². The highest BCUT2D eigenvalue weighted by atomic mass is 16.2. The Morgan fingerprint density at radius 1 is 1.23 bits per heavy atom. The lowest BCUT2D eigenvalue weighted by atomic mass is 9.89. The van der Waals surface area contributed by atoms with Gasteiger partial charge in [-0.3, -0.25) is 14.5 Å². The number of benzene rings is 1. The molecular weight excluding hydrogens is 278 g/mol. The van der Waals surface area contributed by atoms with Gasteiger partial charge in [-0.05, 0) is 30.9 Å². The maximum absolute atomic E-state index is 12.6. The van der Waals surface area contributed by atoms with E-state index in [1.807, 2.05) is 24.3 Å². The molecule has 116 valence electrons. The summed E-state index contributed by atoms with van der Waals surface area (Å²) >= 11 is 0. The summed E-state index contributed by atoms with van der Waals surface area (Å²) in [6.07, 6.45) is 3.86. The molecule has 0 radical (unpaired) electrons. The van der Waals surface area contributed by atoms with E-state index in [2.05, 4.69) is 15.5 Å². The minimum Gasteiger partial charge on any atom is -0.351 e. The van der Waals surface area contributed by atoms with Crippen molar-refractivity contribution < 1.29 is 9.59 Å². The van der Waals surface area contributed by atoms with Crippen LogP contribution < -0.4 is 10.6 Å². The van der Waals surface area contributed by atoms with Crippen molar-refractivity contribution in [3.8, 4) is 0 Å². The summed E-state index contributed by atoms with van der Waals surface area (Å²) in [5.41, 5.74) is 1.70. The smallest absolute Gasteiger partial charge is 0.228 e. The maximum atomic E-state index is 12.6. The fourth-order valence-electron chi connectivity index (χ4n) is 3.62. The number of nitrogens with one attached hydrogen (secondary N) is 2. The van der Waals surface area contributed by atoms with Gasteiger partial charge in [0.25, 0.3) is 0 Å². The number of anilines is 1. The third-order valence-corrected chi connectivity index (χ3v) is 4.95. The molecule has 1 saturated carbocycles. The summed E-state index contributed by atoms with van der Waals surface area (Å²) in [6, 6.07) is 8.57. The van der Waals surface area contributed by atoms with E-state index in [0.717, 1.165) is 36.8 Å². The van der Waals surface area contributed by atoms with Gasteiger partial charge in [-0.25, -0.2) is 0 Å². The molecule has 2 atom stereocenters. The summed E-state index contributed by atoms with van der Waals surface area (Å²) in [5, 5.41) is 6.00. The minimum atomic E-state index is -0.361. The van der Waals surface area contributed by atoms with Crippen LogP contribution in [0.3, 0.4) is 0 Å². The highest BCUT2D eigenvalue weighted by Crippen LogP contribution is 2.33. The Morgan fingerprint density at radius 3 is 2.86 bits per heavy atom. The SMILES string of the molecule is O=C1C[C@H](C(=O)N[C@@H]2CCN(C3CC3)C2)c2ccccc2N1. The fourth-order valence-corrected chi connectivity index (χ4v) is 3.62. The molecule has 4 rings (SSSR count). The van der Waals surface area contributed by atoms with Crippen molar-refractivity contribution in [3.63, 3.8) is 0 Å². The zero-order valence-corrected chi connectivity index (χ0v) is 12.5. The normalized spacial score (nSPS) is 28.1. The fraction of sp³-hybridized carbons (Fsp3) is 0.529. The van der Waals surface area contributed by atoms with E-state index in [9.17, 15) is 9.59 Å². The zero-order chi connectivity index (χ0) is 15.1. The topological polar surface area (TPSA) is 61.4 Å². The quantitative estimate of drug-likeness (QED) is 0.888. The molecule has 1 aromatic carbocycles. The lowest BCUT2D eigenvalue weighted by molar-refractivity contribution is -0.126. The second kappa shape index (κ2) is 5.39. The lowest BCUT2D eigenvalue weighted by Gasteiger charge is -2.26. The van der Waals surface area contributed by atoms with Crippen molar-refractivity contribution in [2.75, 3.05) is 18.4 Å². The van der Waals surface area contributed by atoms with Gasteiger partial charge in [-0.1, -0.05) is 18.2 Å². The molecule has 2 aliphatic heterocycles. The molecule has 1 aromatic rings.